The average molecular weight is 384 g/mol. The van der Waals surface area contributed by atoms with E-state index in [9.17, 15) is 5.11 Å². The van der Waals surface area contributed by atoms with Gasteiger partial charge in [-0.05, 0) is 13.0 Å². The van der Waals surface area contributed by atoms with E-state index in [1.165, 1.54) is 14.2 Å². The summed E-state index contributed by atoms with van der Waals surface area (Å²) in [6.45, 7) is 1.68. The smallest absolute Gasteiger partial charge is 0.278 e. The first-order valence-corrected chi connectivity index (χ1v) is 8.07. The van der Waals surface area contributed by atoms with E-state index in [0.29, 0.717) is 39.8 Å². The van der Waals surface area contributed by atoms with Crippen LogP contribution in [0.3, 0.4) is 0 Å². The van der Waals surface area contributed by atoms with E-state index in [4.69, 9.17) is 32.7 Å². The number of rotatable bonds is 5. The van der Waals surface area contributed by atoms with Crippen LogP contribution in [0.15, 0.2) is 6.07 Å². The second kappa shape index (κ2) is 6.99. The van der Waals surface area contributed by atoms with Crippen LogP contribution >= 0.6 is 23.2 Å². The minimum atomic E-state index is -0.0862. The highest BCUT2D eigenvalue weighted by molar-refractivity contribution is 6.44. The van der Waals surface area contributed by atoms with Crippen LogP contribution in [0.4, 0.5) is 0 Å². The molecule has 0 unspecified atom stereocenters. The Hall–Kier alpha value is -2.16. The Kier molecular flexibility index (Phi) is 4.94. The number of methoxy groups -OCH3 is 2. The summed E-state index contributed by atoms with van der Waals surface area (Å²) in [6, 6.07) is 1.60. The molecule has 2 aromatic heterocycles. The summed E-state index contributed by atoms with van der Waals surface area (Å²) in [7, 11) is 2.94. The predicted molar refractivity (Wildman–Crippen MR) is 93.1 cm³/mol. The molecule has 0 aliphatic rings. The van der Waals surface area contributed by atoms with E-state index < -0.39 is 0 Å². The third kappa shape index (κ3) is 2.97. The molecular formula is C15H15Cl2N5O3. The number of nitrogens with zero attached hydrogens (tertiary/aromatic N) is 5. The third-order valence-corrected chi connectivity index (χ3v) is 4.38. The largest absolute Gasteiger partial charge is 0.477 e. The maximum atomic E-state index is 9.28. The van der Waals surface area contributed by atoms with Crippen molar-refractivity contribution in [2.45, 2.75) is 13.3 Å². The molecule has 3 aromatic rings. The van der Waals surface area contributed by atoms with Gasteiger partial charge in [-0.1, -0.05) is 23.2 Å². The summed E-state index contributed by atoms with van der Waals surface area (Å²) in [5.41, 5.74) is 1.41. The monoisotopic (exact) mass is 383 g/mol. The van der Waals surface area contributed by atoms with Gasteiger partial charge in [0.15, 0.2) is 0 Å². The van der Waals surface area contributed by atoms with Gasteiger partial charge >= 0.3 is 0 Å². The number of benzene rings is 1. The zero-order chi connectivity index (χ0) is 18.1. The van der Waals surface area contributed by atoms with Crippen LogP contribution in [0.25, 0.3) is 16.7 Å². The fraction of sp³-hybridized carbons (Fsp3) is 0.333. The summed E-state index contributed by atoms with van der Waals surface area (Å²) in [5, 5.41) is 18.0. The van der Waals surface area contributed by atoms with Crippen molar-refractivity contribution >= 4 is 34.2 Å². The van der Waals surface area contributed by atoms with Gasteiger partial charge in [-0.3, -0.25) is 4.57 Å². The van der Waals surface area contributed by atoms with Crippen LogP contribution in [-0.2, 0) is 6.42 Å². The van der Waals surface area contributed by atoms with Crippen LogP contribution in [-0.4, -0.2) is 50.7 Å². The Bertz CT molecular complexity index is 945. The van der Waals surface area contributed by atoms with Gasteiger partial charge in [0.2, 0.25) is 0 Å². The number of aromatic nitrogens is 5. The van der Waals surface area contributed by atoms with Crippen molar-refractivity contribution in [3.8, 4) is 17.4 Å². The van der Waals surface area contributed by atoms with Gasteiger partial charge < -0.3 is 14.6 Å². The summed E-state index contributed by atoms with van der Waals surface area (Å²) in [5.74, 6) is 1.55. The Morgan fingerprint density at radius 2 is 1.80 bits per heavy atom. The van der Waals surface area contributed by atoms with E-state index in [1.807, 2.05) is 0 Å². The van der Waals surface area contributed by atoms with Crippen molar-refractivity contribution < 1.29 is 14.6 Å². The van der Waals surface area contributed by atoms with Crippen molar-refractivity contribution in [1.82, 2.24) is 24.7 Å². The average Bonchev–Trinajstić information content (AvgIpc) is 2.96. The maximum Gasteiger partial charge on any atom is 0.278 e. The number of aryl methyl sites for hydroxylation is 1. The first-order valence-electron chi connectivity index (χ1n) is 7.31. The zero-order valence-corrected chi connectivity index (χ0v) is 15.3. The first kappa shape index (κ1) is 17.7. The van der Waals surface area contributed by atoms with Crippen LogP contribution in [0.1, 0.15) is 11.6 Å². The molecule has 0 amide bonds. The molecule has 0 aliphatic carbocycles. The molecule has 0 bridgehead atoms. The summed E-state index contributed by atoms with van der Waals surface area (Å²) < 4.78 is 12.1. The molecule has 0 atom stereocenters. The lowest BCUT2D eigenvalue weighted by Crippen LogP contribution is -2.08. The Balaban J connectivity index is 2.41. The SMILES string of the molecule is COc1nc2cc(Cl)c(Cl)c(-n3c(C)nnc3CCO)c2nc1OC. The van der Waals surface area contributed by atoms with E-state index in [2.05, 4.69) is 20.2 Å². The van der Waals surface area contributed by atoms with Crippen molar-refractivity contribution in [1.29, 1.82) is 0 Å². The fourth-order valence-corrected chi connectivity index (χ4v) is 2.94. The predicted octanol–water partition coefficient (Wildman–Crippen LogP) is 2.38. The third-order valence-electron chi connectivity index (χ3n) is 3.60. The molecule has 132 valence electrons. The van der Waals surface area contributed by atoms with E-state index in [1.54, 1.807) is 17.6 Å². The molecule has 0 saturated carbocycles. The summed E-state index contributed by atoms with van der Waals surface area (Å²) >= 11 is 12.8. The van der Waals surface area contributed by atoms with Crippen molar-refractivity contribution in [2.24, 2.45) is 0 Å². The lowest BCUT2D eigenvalue weighted by atomic mass is 10.2. The van der Waals surface area contributed by atoms with Crippen molar-refractivity contribution in [3.05, 3.63) is 27.8 Å². The number of halogens is 2. The standard InChI is InChI=1S/C15H15Cl2N5O3/c1-7-20-21-10(4-5-23)22(7)13-11(17)8(16)6-9-12(13)19-15(25-3)14(18-9)24-2/h6,23H,4-5H2,1-3H3. The molecule has 0 spiro atoms. The van der Waals surface area contributed by atoms with Crippen LogP contribution in [0.2, 0.25) is 10.0 Å². The van der Waals surface area contributed by atoms with Gasteiger partial charge in [0.1, 0.15) is 17.2 Å². The fourth-order valence-electron chi connectivity index (χ4n) is 2.52. The lowest BCUT2D eigenvalue weighted by molar-refractivity contribution is 0.296. The normalized spacial score (nSPS) is 11.1. The first-order chi connectivity index (χ1) is 12.0. The molecule has 0 aliphatic heterocycles. The molecule has 0 radical (unpaired) electrons. The Labute approximate surface area is 153 Å². The van der Waals surface area contributed by atoms with E-state index in [0.717, 1.165) is 0 Å². The molecule has 0 fully saturated rings. The number of hydrogen-bond donors (Lipinski definition) is 1. The van der Waals surface area contributed by atoms with Crippen molar-refractivity contribution in [3.63, 3.8) is 0 Å². The number of ether oxygens (including phenoxy) is 2. The Morgan fingerprint density at radius 3 is 2.44 bits per heavy atom. The molecule has 2 heterocycles. The van der Waals surface area contributed by atoms with Gasteiger partial charge in [0, 0.05) is 6.42 Å². The van der Waals surface area contributed by atoms with Gasteiger partial charge in [-0.2, -0.15) is 0 Å². The lowest BCUT2D eigenvalue weighted by Gasteiger charge is -2.15. The van der Waals surface area contributed by atoms with Gasteiger partial charge in [-0.25, -0.2) is 9.97 Å². The minimum absolute atomic E-state index is 0.0862. The molecular weight excluding hydrogens is 369 g/mol. The number of aliphatic hydroxyl groups is 1. The second-order valence-corrected chi connectivity index (χ2v) is 5.89. The van der Waals surface area contributed by atoms with Crippen LogP contribution < -0.4 is 9.47 Å². The van der Waals surface area contributed by atoms with Crippen LogP contribution in [0.5, 0.6) is 11.8 Å². The summed E-state index contributed by atoms with van der Waals surface area (Å²) in [4.78, 5) is 8.86. The number of fused-ring (bicyclic) bond motifs is 1. The molecule has 1 aromatic carbocycles. The summed E-state index contributed by atoms with van der Waals surface area (Å²) in [6.07, 6.45) is 0.298. The minimum Gasteiger partial charge on any atom is -0.477 e. The molecule has 0 saturated heterocycles. The molecule has 10 heteroatoms. The van der Waals surface area contributed by atoms with E-state index in [-0.39, 0.29) is 23.4 Å². The maximum absolute atomic E-state index is 9.28. The van der Waals surface area contributed by atoms with Crippen molar-refractivity contribution in [2.75, 3.05) is 20.8 Å². The number of hydrogen-bond acceptors (Lipinski definition) is 7. The van der Waals surface area contributed by atoms with Gasteiger partial charge in [-0.15, -0.1) is 10.2 Å². The van der Waals surface area contributed by atoms with E-state index >= 15 is 0 Å². The van der Waals surface area contributed by atoms with Crippen LogP contribution in [0, 0.1) is 6.92 Å². The molecule has 3 rings (SSSR count). The Morgan fingerprint density at radius 1 is 1.12 bits per heavy atom. The van der Waals surface area contributed by atoms with Gasteiger partial charge in [0.25, 0.3) is 11.8 Å². The molecule has 8 nitrogen and oxygen atoms in total. The molecule has 25 heavy (non-hydrogen) atoms. The number of aliphatic hydroxyl groups excluding tert-OH is 1. The highest BCUT2D eigenvalue weighted by atomic mass is 35.5. The quantitative estimate of drug-likeness (QED) is 0.722. The second-order valence-electron chi connectivity index (χ2n) is 5.10. The van der Waals surface area contributed by atoms with Gasteiger partial charge in [0.05, 0.1) is 42.1 Å². The highest BCUT2D eigenvalue weighted by Gasteiger charge is 2.22. The highest BCUT2D eigenvalue weighted by Crippen LogP contribution is 2.38. The topological polar surface area (TPSA) is 95.2 Å². The zero-order valence-electron chi connectivity index (χ0n) is 13.7. The molecule has 1 N–H and O–H groups in total.